The average molecular weight is 209 g/mol. The van der Waals surface area contributed by atoms with Gasteiger partial charge in [0.2, 0.25) is 0 Å². The van der Waals surface area contributed by atoms with E-state index in [0.717, 1.165) is 6.42 Å². The van der Waals surface area contributed by atoms with Crippen LogP contribution in [0.4, 0.5) is 0 Å². The van der Waals surface area contributed by atoms with Gasteiger partial charge in [-0.1, -0.05) is 6.92 Å². The number of hydrogen-bond donors (Lipinski definition) is 2. The highest BCUT2D eigenvalue weighted by atomic mass is 32.2. The lowest BCUT2D eigenvalue weighted by molar-refractivity contribution is 0.235. The molecule has 0 atom stereocenters. The second-order valence-electron chi connectivity index (χ2n) is 3.63. The summed E-state index contributed by atoms with van der Waals surface area (Å²) in [6.07, 6.45) is 0.722. The molecule has 0 spiro atoms. The van der Waals surface area contributed by atoms with E-state index in [1.807, 2.05) is 6.92 Å². The average Bonchev–Trinajstić information content (AvgIpc) is 1.98. The maximum Gasteiger partial charge on any atom is 0.277 e. The zero-order valence-corrected chi connectivity index (χ0v) is 9.26. The fourth-order valence-corrected chi connectivity index (χ4v) is 2.28. The van der Waals surface area contributed by atoms with Crippen LogP contribution in [0.1, 0.15) is 27.2 Å². The first-order valence-electron chi connectivity index (χ1n) is 4.26. The molecule has 0 radical (unpaired) electrons. The fraction of sp³-hybridized carbons (Fsp3) is 1.00. The molecule has 4 N–H and O–H groups in total. The predicted octanol–water partition coefficient (Wildman–Crippen LogP) is -0.361. The zero-order chi connectivity index (χ0) is 10.7. The molecule has 0 fully saturated rings. The second kappa shape index (κ2) is 4.36. The summed E-state index contributed by atoms with van der Waals surface area (Å²) in [7, 11) is -3.64. The maximum atomic E-state index is 11.2. The smallest absolute Gasteiger partial charge is 0.277 e. The normalized spacial score (nSPS) is 13.7. The zero-order valence-electron chi connectivity index (χ0n) is 8.45. The van der Waals surface area contributed by atoms with Gasteiger partial charge in [0.25, 0.3) is 10.2 Å². The summed E-state index contributed by atoms with van der Waals surface area (Å²) in [6.45, 7) is 6.07. The minimum Gasteiger partial charge on any atom is -0.329 e. The molecule has 0 aromatic carbocycles. The topological polar surface area (TPSA) is 89.4 Å². The molecule has 5 nitrogen and oxygen atoms in total. The van der Waals surface area contributed by atoms with Gasteiger partial charge in [-0.05, 0) is 20.3 Å². The molecular formula is C7H19N3O2S. The third-order valence-electron chi connectivity index (χ3n) is 1.91. The van der Waals surface area contributed by atoms with Gasteiger partial charge in [0.15, 0.2) is 0 Å². The van der Waals surface area contributed by atoms with Crippen LogP contribution >= 0.6 is 0 Å². The fourth-order valence-electron chi connectivity index (χ4n) is 1.08. The van der Waals surface area contributed by atoms with E-state index in [4.69, 9.17) is 10.9 Å². The highest BCUT2D eigenvalue weighted by Crippen LogP contribution is 2.15. The molecule has 0 aliphatic rings. The standard InChI is InChI=1S/C7H19N3O2S/c1-4-5-10(13(9,11)12)7(2,3)6-8/h4-6,8H2,1-3H3,(H2,9,11,12). The van der Waals surface area contributed by atoms with Crippen LogP contribution in [-0.4, -0.2) is 31.4 Å². The summed E-state index contributed by atoms with van der Waals surface area (Å²) >= 11 is 0. The predicted molar refractivity (Wildman–Crippen MR) is 53.2 cm³/mol. The van der Waals surface area contributed by atoms with Crippen LogP contribution in [0.3, 0.4) is 0 Å². The number of nitrogens with zero attached hydrogens (tertiary/aromatic N) is 1. The molecule has 80 valence electrons. The van der Waals surface area contributed by atoms with E-state index in [2.05, 4.69) is 0 Å². The van der Waals surface area contributed by atoms with Crippen molar-refractivity contribution in [2.45, 2.75) is 32.7 Å². The monoisotopic (exact) mass is 209 g/mol. The van der Waals surface area contributed by atoms with Crippen LogP contribution in [0.2, 0.25) is 0 Å². The Morgan fingerprint density at radius 1 is 1.38 bits per heavy atom. The first kappa shape index (κ1) is 12.8. The molecule has 0 unspecified atom stereocenters. The van der Waals surface area contributed by atoms with E-state index < -0.39 is 15.7 Å². The van der Waals surface area contributed by atoms with Gasteiger partial charge in [-0.25, -0.2) is 5.14 Å². The summed E-state index contributed by atoms with van der Waals surface area (Å²) in [6, 6.07) is 0. The van der Waals surface area contributed by atoms with E-state index in [0.29, 0.717) is 6.54 Å². The Morgan fingerprint density at radius 3 is 2.08 bits per heavy atom. The molecule has 0 saturated carbocycles. The third-order valence-corrected chi connectivity index (χ3v) is 3.20. The number of hydrogen-bond acceptors (Lipinski definition) is 3. The van der Waals surface area contributed by atoms with Crippen LogP contribution in [0.25, 0.3) is 0 Å². The molecule has 13 heavy (non-hydrogen) atoms. The molecule has 6 heteroatoms. The maximum absolute atomic E-state index is 11.2. The summed E-state index contributed by atoms with van der Waals surface area (Å²) in [5.74, 6) is 0. The van der Waals surface area contributed by atoms with Gasteiger partial charge in [0.05, 0.1) is 0 Å². The van der Waals surface area contributed by atoms with Gasteiger partial charge in [-0.3, -0.25) is 0 Å². The minimum atomic E-state index is -3.64. The second-order valence-corrected chi connectivity index (χ2v) is 5.10. The lowest BCUT2D eigenvalue weighted by Gasteiger charge is -2.34. The Kier molecular flexibility index (Phi) is 4.31. The number of nitrogens with two attached hydrogens (primary N) is 2. The van der Waals surface area contributed by atoms with Crippen LogP contribution < -0.4 is 10.9 Å². The third kappa shape index (κ3) is 3.60. The van der Waals surface area contributed by atoms with Gasteiger partial charge >= 0.3 is 0 Å². The molecule has 0 aromatic rings. The minimum absolute atomic E-state index is 0.253. The Balaban J connectivity index is 4.82. The lowest BCUT2D eigenvalue weighted by atomic mass is 10.1. The van der Waals surface area contributed by atoms with Crippen molar-refractivity contribution in [3.05, 3.63) is 0 Å². The molecule has 0 saturated heterocycles. The Labute approximate surface area is 80.3 Å². The quantitative estimate of drug-likeness (QED) is 0.648. The molecule has 0 aliphatic carbocycles. The van der Waals surface area contributed by atoms with Crippen LogP contribution in [0.5, 0.6) is 0 Å². The van der Waals surface area contributed by atoms with Crippen LogP contribution in [0.15, 0.2) is 0 Å². The summed E-state index contributed by atoms with van der Waals surface area (Å²) in [5.41, 5.74) is 4.86. The molecule has 0 bridgehead atoms. The first-order chi connectivity index (χ1) is 5.75. The van der Waals surface area contributed by atoms with Crippen molar-refractivity contribution in [1.29, 1.82) is 0 Å². The van der Waals surface area contributed by atoms with Gasteiger partial charge in [-0.15, -0.1) is 0 Å². The van der Waals surface area contributed by atoms with Crippen LogP contribution in [0, 0.1) is 0 Å². The van der Waals surface area contributed by atoms with Crippen molar-refractivity contribution in [3.63, 3.8) is 0 Å². The van der Waals surface area contributed by atoms with E-state index in [9.17, 15) is 8.42 Å². The van der Waals surface area contributed by atoms with Crippen molar-refractivity contribution in [2.24, 2.45) is 10.9 Å². The Hall–Kier alpha value is -0.170. The van der Waals surface area contributed by atoms with Crippen LogP contribution in [-0.2, 0) is 10.2 Å². The molecule has 0 rings (SSSR count). The van der Waals surface area contributed by atoms with Gasteiger partial charge in [0.1, 0.15) is 0 Å². The summed E-state index contributed by atoms with van der Waals surface area (Å²) in [4.78, 5) is 0. The molecule has 0 heterocycles. The summed E-state index contributed by atoms with van der Waals surface area (Å²) in [5, 5.41) is 5.07. The van der Waals surface area contributed by atoms with Crippen molar-refractivity contribution < 1.29 is 8.42 Å². The molecule has 0 aromatic heterocycles. The summed E-state index contributed by atoms with van der Waals surface area (Å²) < 4.78 is 23.6. The van der Waals surface area contributed by atoms with E-state index >= 15 is 0 Å². The van der Waals surface area contributed by atoms with Crippen molar-refractivity contribution in [1.82, 2.24) is 4.31 Å². The first-order valence-corrected chi connectivity index (χ1v) is 5.76. The van der Waals surface area contributed by atoms with Gasteiger partial charge in [-0.2, -0.15) is 12.7 Å². The highest BCUT2D eigenvalue weighted by molar-refractivity contribution is 7.86. The Morgan fingerprint density at radius 2 is 1.85 bits per heavy atom. The largest absolute Gasteiger partial charge is 0.329 e. The van der Waals surface area contributed by atoms with E-state index in [-0.39, 0.29) is 6.54 Å². The molecule has 0 amide bonds. The van der Waals surface area contributed by atoms with Crippen molar-refractivity contribution in [3.8, 4) is 0 Å². The van der Waals surface area contributed by atoms with Gasteiger partial charge in [0, 0.05) is 18.6 Å². The Bertz CT molecular complexity index is 248. The van der Waals surface area contributed by atoms with E-state index in [1.165, 1.54) is 4.31 Å². The SMILES string of the molecule is CCCN(C(C)(C)CN)S(N)(=O)=O. The lowest BCUT2D eigenvalue weighted by Crippen LogP contribution is -2.54. The highest BCUT2D eigenvalue weighted by Gasteiger charge is 2.31. The van der Waals surface area contributed by atoms with Crippen molar-refractivity contribution >= 4 is 10.2 Å². The van der Waals surface area contributed by atoms with E-state index in [1.54, 1.807) is 13.8 Å². The molecular weight excluding hydrogens is 190 g/mol. The number of rotatable bonds is 5. The van der Waals surface area contributed by atoms with Gasteiger partial charge < -0.3 is 5.73 Å². The van der Waals surface area contributed by atoms with Crippen molar-refractivity contribution in [2.75, 3.05) is 13.1 Å². The molecule has 0 aliphatic heterocycles.